The van der Waals surface area contributed by atoms with Gasteiger partial charge in [-0.1, -0.05) is 0 Å². The molecule has 4 nitrogen and oxygen atoms in total. The van der Waals surface area contributed by atoms with Crippen LogP contribution >= 0.6 is 0 Å². The first-order valence-electron chi connectivity index (χ1n) is 2.77. The lowest BCUT2D eigenvalue weighted by Gasteiger charge is -1.92. The average molecular weight is 134 g/mol. The summed E-state index contributed by atoms with van der Waals surface area (Å²) in [6.07, 6.45) is 1.75. The van der Waals surface area contributed by atoms with E-state index in [4.69, 9.17) is 11.0 Å². The van der Waals surface area contributed by atoms with Crippen LogP contribution in [0.15, 0.2) is 12.3 Å². The van der Waals surface area contributed by atoms with Crippen LogP contribution in [0.2, 0.25) is 0 Å². The fourth-order valence-corrected chi connectivity index (χ4v) is 0.571. The Morgan fingerprint density at radius 3 is 3.10 bits per heavy atom. The summed E-state index contributed by atoms with van der Waals surface area (Å²) in [5.74, 6) is 0.878. The zero-order valence-electron chi connectivity index (χ0n) is 5.28. The molecule has 0 amide bonds. The van der Waals surface area contributed by atoms with Crippen molar-refractivity contribution in [1.29, 1.82) is 5.26 Å². The minimum absolute atomic E-state index is 0.213. The van der Waals surface area contributed by atoms with Gasteiger partial charge in [-0.2, -0.15) is 5.26 Å². The number of aromatic nitrogens is 2. The maximum Gasteiger partial charge on any atom is 0.144 e. The Morgan fingerprint density at radius 2 is 2.50 bits per heavy atom. The highest BCUT2D eigenvalue weighted by Gasteiger charge is 1.92. The molecule has 0 aliphatic rings. The summed E-state index contributed by atoms with van der Waals surface area (Å²) < 4.78 is 0. The normalized spacial score (nSPS) is 8.70. The van der Waals surface area contributed by atoms with E-state index in [9.17, 15) is 0 Å². The van der Waals surface area contributed by atoms with Gasteiger partial charge in [0, 0.05) is 6.20 Å². The molecule has 4 heteroatoms. The number of anilines is 1. The molecule has 0 spiro atoms. The number of nitriles is 1. The molecule has 2 N–H and O–H groups in total. The third-order valence-corrected chi connectivity index (χ3v) is 0.964. The average Bonchev–Trinajstić information content (AvgIpc) is 1.88. The largest absolute Gasteiger partial charge is 0.384 e. The van der Waals surface area contributed by atoms with Crippen molar-refractivity contribution in [3.63, 3.8) is 0 Å². The third kappa shape index (κ3) is 1.42. The summed E-state index contributed by atoms with van der Waals surface area (Å²) in [6.45, 7) is 0. The number of nitrogens with zero attached hydrogens (tertiary/aromatic N) is 3. The van der Waals surface area contributed by atoms with Crippen LogP contribution in [0.1, 0.15) is 5.82 Å². The van der Waals surface area contributed by atoms with E-state index in [0.29, 0.717) is 11.6 Å². The second kappa shape index (κ2) is 2.78. The molecule has 0 bridgehead atoms. The van der Waals surface area contributed by atoms with Gasteiger partial charge >= 0.3 is 0 Å². The minimum atomic E-state index is 0.213. The molecule has 50 valence electrons. The number of nitrogen functional groups attached to an aromatic ring is 1. The van der Waals surface area contributed by atoms with Crippen molar-refractivity contribution in [3.05, 3.63) is 18.1 Å². The highest BCUT2D eigenvalue weighted by atomic mass is 14.9. The molecule has 10 heavy (non-hydrogen) atoms. The number of nitrogens with two attached hydrogens (primary N) is 1. The number of hydrogen-bond donors (Lipinski definition) is 1. The van der Waals surface area contributed by atoms with Crippen LogP contribution in [-0.2, 0) is 6.42 Å². The Kier molecular flexibility index (Phi) is 1.80. The van der Waals surface area contributed by atoms with E-state index in [2.05, 4.69) is 9.97 Å². The summed E-state index contributed by atoms with van der Waals surface area (Å²) in [6, 6.07) is 3.51. The molecule has 0 saturated carbocycles. The van der Waals surface area contributed by atoms with Gasteiger partial charge in [0.15, 0.2) is 0 Å². The molecule has 0 saturated heterocycles. The van der Waals surface area contributed by atoms with Crippen molar-refractivity contribution >= 4 is 5.82 Å². The van der Waals surface area contributed by atoms with E-state index >= 15 is 0 Å². The lowest BCUT2D eigenvalue weighted by Crippen LogP contribution is -1.96. The molecule has 1 aromatic heterocycles. The topological polar surface area (TPSA) is 75.6 Å². The van der Waals surface area contributed by atoms with E-state index in [1.165, 1.54) is 6.20 Å². The predicted molar refractivity (Wildman–Crippen MR) is 35.8 cm³/mol. The second-order valence-electron chi connectivity index (χ2n) is 1.73. The standard InChI is InChI=1S/C6H6N4/c7-3-1-6-9-4-2-5(8)10-6/h2,4H,1H2,(H2,8,9,10). The Morgan fingerprint density at radius 1 is 1.70 bits per heavy atom. The lowest BCUT2D eigenvalue weighted by atomic mass is 10.4. The summed E-state index contributed by atoms with van der Waals surface area (Å²) in [4.78, 5) is 7.62. The van der Waals surface area contributed by atoms with Crippen LogP contribution in [0, 0.1) is 11.3 Å². The summed E-state index contributed by atoms with van der Waals surface area (Å²) in [5.41, 5.74) is 5.33. The molecular weight excluding hydrogens is 128 g/mol. The predicted octanol–water partition coefficient (Wildman–Crippen LogP) is 0.125. The number of rotatable bonds is 1. The van der Waals surface area contributed by atoms with Gasteiger partial charge in [-0.3, -0.25) is 0 Å². The van der Waals surface area contributed by atoms with Crippen molar-refractivity contribution in [1.82, 2.24) is 9.97 Å². The van der Waals surface area contributed by atoms with E-state index in [0.717, 1.165) is 0 Å². The monoisotopic (exact) mass is 134 g/mol. The molecule has 0 fully saturated rings. The number of hydrogen-bond acceptors (Lipinski definition) is 4. The van der Waals surface area contributed by atoms with E-state index in [1.807, 2.05) is 6.07 Å². The maximum atomic E-state index is 8.24. The van der Waals surface area contributed by atoms with E-state index in [-0.39, 0.29) is 6.42 Å². The van der Waals surface area contributed by atoms with Crippen molar-refractivity contribution in [2.24, 2.45) is 0 Å². The Hall–Kier alpha value is -1.63. The van der Waals surface area contributed by atoms with Crippen LogP contribution in [0.25, 0.3) is 0 Å². The summed E-state index contributed by atoms with van der Waals surface area (Å²) in [7, 11) is 0. The van der Waals surface area contributed by atoms with Crippen LogP contribution in [0.4, 0.5) is 5.82 Å². The molecule has 1 aromatic rings. The highest BCUT2D eigenvalue weighted by molar-refractivity contribution is 5.25. The second-order valence-corrected chi connectivity index (χ2v) is 1.73. The highest BCUT2D eigenvalue weighted by Crippen LogP contribution is 1.95. The van der Waals surface area contributed by atoms with Gasteiger partial charge in [0.1, 0.15) is 11.6 Å². The fourth-order valence-electron chi connectivity index (χ4n) is 0.571. The smallest absolute Gasteiger partial charge is 0.144 e. The first kappa shape index (κ1) is 6.49. The fraction of sp³-hybridized carbons (Fsp3) is 0.167. The van der Waals surface area contributed by atoms with Crippen LogP contribution in [-0.4, -0.2) is 9.97 Å². The molecule has 1 heterocycles. The summed E-state index contributed by atoms with van der Waals surface area (Å²) >= 11 is 0. The first-order chi connectivity index (χ1) is 4.83. The minimum Gasteiger partial charge on any atom is -0.384 e. The van der Waals surface area contributed by atoms with Crippen LogP contribution in [0.3, 0.4) is 0 Å². The van der Waals surface area contributed by atoms with E-state index in [1.54, 1.807) is 6.07 Å². The van der Waals surface area contributed by atoms with Gasteiger partial charge in [-0.15, -0.1) is 0 Å². The van der Waals surface area contributed by atoms with E-state index < -0.39 is 0 Å². The van der Waals surface area contributed by atoms with Crippen LogP contribution in [0.5, 0.6) is 0 Å². The van der Waals surface area contributed by atoms with Crippen LogP contribution < -0.4 is 5.73 Å². The quantitative estimate of drug-likeness (QED) is 0.592. The van der Waals surface area contributed by atoms with Gasteiger partial charge in [0.2, 0.25) is 0 Å². The van der Waals surface area contributed by atoms with Crippen molar-refractivity contribution in [2.75, 3.05) is 5.73 Å². The van der Waals surface area contributed by atoms with Gasteiger partial charge in [0.05, 0.1) is 12.5 Å². The van der Waals surface area contributed by atoms with Crippen molar-refractivity contribution in [3.8, 4) is 6.07 Å². The molecule has 0 atom stereocenters. The molecule has 1 rings (SSSR count). The van der Waals surface area contributed by atoms with Crippen molar-refractivity contribution in [2.45, 2.75) is 6.42 Å². The Bertz CT molecular complexity index is 263. The van der Waals surface area contributed by atoms with Gasteiger partial charge < -0.3 is 5.73 Å². The lowest BCUT2D eigenvalue weighted by molar-refractivity contribution is 1.00. The molecule has 0 unspecified atom stereocenters. The van der Waals surface area contributed by atoms with Gasteiger partial charge in [-0.05, 0) is 6.07 Å². The molecule has 0 aliphatic heterocycles. The zero-order valence-corrected chi connectivity index (χ0v) is 5.28. The Balaban J connectivity index is 2.87. The molecule has 0 aromatic carbocycles. The zero-order chi connectivity index (χ0) is 7.40. The molecule has 0 radical (unpaired) electrons. The molecular formula is C6H6N4. The van der Waals surface area contributed by atoms with Gasteiger partial charge in [-0.25, -0.2) is 9.97 Å². The first-order valence-corrected chi connectivity index (χ1v) is 2.77. The van der Waals surface area contributed by atoms with Crippen molar-refractivity contribution < 1.29 is 0 Å². The maximum absolute atomic E-state index is 8.24. The van der Waals surface area contributed by atoms with Gasteiger partial charge in [0.25, 0.3) is 0 Å². The SMILES string of the molecule is N#CCc1nccc(N)n1. The third-order valence-electron chi connectivity index (χ3n) is 0.964. The Labute approximate surface area is 58.3 Å². The molecule has 0 aliphatic carbocycles. The summed E-state index contributed by atoms with van der Waals surface area (Å²) in [5, 5.41) is 8.24.